The third kappa shape index (κ3) is 1.21. The molecule has 0 fully saturated rings. The van der Waals surface area contributed by atoms with Gasteiger partial charge in [0.25, 0.3) is 0 Å². The first-order valence-electron chi connectivity index (χ1n) is 4.27. The summed E-state index contributed by atoms with van der Waals surface area (Å²) >= 11 is 0. The van der Waals surface area contributed by atoms with Crippen molar-refractivity contribution >= 4 is 5.69 Å². The maximum absolute atomic E-state index is 13.2. The van der Waals surface area contributed by atoms with E-state index < -0.39 is 17.7 Å². The van der Waals surface area contributed by atoms with Crippen LogP contribution in [0.2, 0.25) is 0 Å². The minimum atomic E-state index is -0.790. The number of hydrogen-bond acceptors (Lipinski definition) is 3. The highest BCUT2D eigenvalue weighted by molar-refractivity contribution is 5.58. The van der Waals surface area contributed by atoms with Gasteiger partial charge in [-0.05, 0) is 0 Å². The Morgan fingerprint density at radius 2 is 2.07 bits per heavy atom. The van der Waals surface area contributed by atoms with Gasteiger partial charge in [-0.3, -0.25) is 0 Å². The molecule has 14 heavy (non-hydrogen) atoms. The minimum Gasteiger partial charge on any atom is -0.490 e. The Labute approximate surface area is 79.6 Å². The molecule has 5 heteroatoms. The van der Waals surface area contributed by atoms with Crippen LogP contribution in [-0.2, 0) is 0 Å². The average Bonchev–Trinajstić information content (AvgIpc) is 2.14. The van der Waals surface area contributed by atoms with Crippen molar-refractivity contribution in [2.24, 2.45) is 5.73 Å². The first-order chi connectivity index (χ1) is 6.61. The van der Waals surface area contributed by atoms with Crippen molar-refractivity contribution in [1.29, 1.82) is 0 Å². The maximum Gasteiger partial charge on any atom is 0.168 e. The third-order valence-electron chi connectivity index (χ3n) is 2.31. The molecule has 2 rings (SSSR count). The molecule has 0 aliphatic carbocycles. The zero-order chi connectivity index (χ0) is 10.3. The Kier molecular flexibility index (Phi) is 2.03. The van der Waals surface area contributed by atoms with E-state index in [1.54, 1.807) is 0 Å². The molecule has 1 heterocycles. The fourth-order valence-corrected chi connectivity index (χ4v) is 1.58. The molecule has 0 unspecified atom stereocenters. The zero-order valence-electron chi connectivity index (χ0n) is 7.39. The number of ether oxygens (including phenoxy) is 1. The van der Waals surface area contributed by atoms with Crippen LogP contribution in [0.3, 0.4) is 0 Å². The summed E-state index contributed by atoms with van der Waals surface area (Å²) in [5.41, 5.74) is 11.3. The van der Waals surface area contributed by atoms with Crippen LogP contribution in [-0.4, -0.2) is 6.61 Å². The van der Waals surface area contributed by atoms with E-state index in [-0.39, 0.29) is 17.0 Å². The summed E-state index contributed by atoms with van der Waals surface area (Å²) in [5.74, 6) is -1.55. The lowest BCUT2D eigenvalue weighted by Crippen LogP contribution is -2.23. The van der Waals surface area contributed by atoms with Gasteiger partial charge < -0.3 is 16.2 Å². The molecule has 76 valence electrons. The molecule has 0 bridgehead atoms. The molecule has 1 aliphatic rings. The molecule has 1 aliphatic heterocycles. The summed E-state index contributed by atoms with van der Waals surface area (Å²) < 4.78 is 31.3. The molecular formula is C9H10F2N2O. The van der Waals surface area contributed by atoms with Crippen molar-refractivity contribution in [1.82, 2.24) is 0 Å². The van der Waals surface area contributed by atoms with Gasteiger partial charge in [-0.2, -0.15) is 0 Å². The Morgan fingerprint density at radius 1 is 1.36 bits per heavy atom. The Hall–Kier alpha value is -1.36. The molecule has 0 amide bonds. The summed E-state index contributed by atoms with van der Waals surface area (Å²) in [5, 5.41) is 0. The molecule has 1 aromatic rings. The van der Waals surface area contributed by atoms with Crippen LogP contribution in [0.1, 0.15) is 18.0 Å². The summed E-state index contributed by atoms with van der Waals surface area (Å²) in [6, 6.07) is 0.260. The fraction of sp³-hybridized carbons (Fsp3) is 0.333. The second-order valence-electron chi connectivity index (χ2n) is 3.24. The van der Waals surface area contributed by atoms with E-state index in [2.05, 4.69) is 0 Å². The summed E-state index contributed by atoms with van der Waals surface area (Å²) in [6.45, 7) is 0.330. The summed E-state index contributed by atoms with van der Waals surface area (Å²) in [7, 11) is 0. The van der Waals surface area contributed by atoms with E-state index in [4.69, 9.17) is 16.2 Å². The molecule has 3 nitrogen and oxygen atoms in total. The van der Waals surface area contributed by atoms with Crippen molar-refractivity contribution in [2.45, 2.75) is 12.5 Å². The lowest BCUT2D eigenvalue weighted by molar-refractivity contribution is 0.255. The molecule has 1 aromatic carbocycles. The predicted octanol–water partition coefficient (Wildman–Crippen LogP) is 1.33. The van der Waals surface area contributed by atoms with Gasteiger partial charge in [-0.1, -0.05) is 0 Å². The van der Waals surface area contributed by atoms with Crippen LogP contribution in [0, 0.1) is 11.6 Å². The highest BCUT2D eigenvalue weighted by Crippen LogP contribution is 2.38. The van der Waals surface area contributed by atoms with Gasteiger partial charge in [0.1, 0.15) is 5.82 Å². The molecular weight excluding hydrogens is 190 g/mol. The lowest BCUT2D eigenvalue weighted by atomic mass is 9.99. The Balaban J connectivity index is 2.67. The smallest absolute Gasteiger partial charge is 0.168 e. The summed E-state index contributed by atoms with van der Waals surface area (Å²) in [4.78, 5) is 0. The quantitative estimate of drug-likeness (QED) is 0.621. The number of rotatable bonds is 0. The molecule has 0 saturated carbocycles. The number of halogens is 2. The number of anilines is 1. The molecule has 4 N–H and O–H groups in total. The largest absolute Gasteiger partial charge is 0.490 e. The highest BCUT2D eigenvalue weighted by Gasteiger charge is 2.26. The van der Waals surface area contributed by atoms with Gasteiger partial charge >= 0.3 is 0 Å². The van der Waals surface area contributed by atoms with Gasteiger partial charge in [0.05, 0.1) is 12.3 Å². The normalized spacial score (nSPS) is 20.1. The third-order valence-corrected chi connectivity index (χ3v) is 2.31. The molecule has 1 atom stereocenters. The van der Waals surface area contributed by atoms with Crippen LogP contribution in [0.25, 0.3) is 0 Å². The van der Waals surface area contributed by atoms with E-state index in [0.29, 0.717) is 19.1 Å². The number of nitrogens with two attached hydrogens (primary N) is 2. The molecule has 0 saturated heterocycles. The first kappa shape index (κ1) is 9.21. The van der Waals surface area contributed by atoms with E-state index in [1.807, 2.05) is 0 Å². The van der Waals surface area contributed by atoms with E-state index >= 15 is 0 Å². The maximum atomic E-state index is 13.2. The van der Waals surface area contributed by atoms with Crippen molar-refractivity contribution in [2.75, 3.05) is 12.3 Å². The van der Waals surface area contributed by atoms with E-state index in [1.165, 1.54) is 0 Å². The van der Waals surface area contributed by atoms with E-state index in [0.717, 1.165) is 0 Å². The fourth-order valence-electron chi connectivity index (χ4n) is 1.58. The first-order valence-corrected chi connectivity index (χ1v) is 4.27. The van der Waals surface area contributed by atoms with E-state index in [9.17, 15) is 8.78 Å². The number of nitrogen functional groups attached to an aromatic ring is 1. The minimum absolute atomic E-state index is 0.0114. The SMILES string of the molecule is Nc1c(F)cc(F)c2c1[C@@H](N)CCO2. The standard InChI is InChI=1S/C9H10F2N2O/c10-4-3-5(11)9-7(8(4)13)6(12)1-2-14-9/h3,6H,1-2,12-13H2/t6-/m0/s1. The Bertz CT molecular complexity index is 382. The zero-order valence-corrected chi connectivity index (χ0v) is 7.39. The number of hydrogen-bond donors (Lipinski definition) is 2. The van der Waals surface area contributed by atoms with Crippen molar-refractivity contribution < 1.29 is 13.5 Å². The van der Waals surface area contributed by atoms with Gasteiger partial charge in [0, 0.05) is 24.1 Å². The lowest BCUT2D eigenvalue weighted by Gasteiger charge is -2.24. The average molecular weight is 200 g/mol. The van der Waals surface area contributed by atoms with Crippen LogP contribution < -0.4 is 16.2 Å². The van der Waals surface area contributed by atoms with Gasteiger partial charge in [0.2, 0.25) is 0 Å². The number of fused-ring (bicyclic) bond motifs is 1. The van der Waals surface area contributed by atoms with Crippen molar-refractivity contribution in [3.8, 4) is 5.75 Å². The van der Waals surface area contributed by atoms with Crippen LogP contribution in [0.5, 0.6) is 5.75 Å². The molecule has 0 aromatic heterocycles. The predicted molar refractivity (Wildman–Crippen MR) is 47.8 cm³/mol. The van der Waals surface area contributed by atoms with Gasteiger partial charge in [-0.15, -0.1) is 0 Å². The van der Waals surface area contributed by atoms with Crippen LogP contribution in [0.4, 0.5) is 14.5 Å². The van der Waals surface area contributed by atoms with Crippen molar-refractivity contribution in [3.63, 3.8) is 0 Å². The molecule has 0 radical (unpaired) electrons. The van der Waals surface area contributed by atoms with Crippen LogP contribution >= 0.6 is 0 Å². The second kappa shape index (κ2) is 3.09. The highest BCUT2D eigenvalue weighted by atomic mass is 19.1. The number of benzene rings is 1. The van der Waals surface area contributed by atoms with Crippen molar-refractivity contribution in [3.05, 3.63) is 23.3 Å². The van der Waals surface area contributed by atoms with Gasteiger partial charge in [0.15, 0.2) is 11.6 Å². The monoisotopic (exact) mass is 200 g/mol. The molecule has 0 spiro atoms. The topological polar surface area (TPSA) is 61.3 Å². The second-order valence-corrected chi connectivity index (χ2v) is 3.24. The Morgan fingerprint density at radius 3 is 2.79 bits per heavy atom. The summed E-state index contributed by atoms with van der Waals surface area (Å²) in [6.07, 6.45) is 0.514. The van der Waals surface area contributed by atoms with Gasteiger partial charge in [-0.25, -0.2) is 8.78 Å². The van der Waals surface area contributed by atoms with Crippen LogP contribution in [0.15, 0.2) is 6.07 Å².